The number of rotatable bonds is 11. The van der Waals surface area contributed by atoms with Crippen LogP contribution in [0.3, 0.4) is 0 Å². The molecule has 2 unspecified atom stereocenters. The normalized spacial score (nSPS) is 21.9. The maximum absolute atomic E-state index is 9.81. The van der Waals surface area contributed by atoms with Crippen LogP contribution in [0, 0.1) is 0 Å². The van der Waals surface area contributed by atoms with Crippen molar-refractivity contribution in [1.29, 1.82) is 0 Å². The van der Waals surface area contributed by atoms with E-state index in [1.165, 1.54) is 0 Å². The Balaban J connectivity index is 1.96. The van der Waals surface area contributed by atoms with E-state index in [1.807, 2.05) is 13.8 Å². The Morgan fingerprint density at radius 2 is 2.19 bits per heavy atom. The largest absolute Gasteiger partial charge is 0.389 e. The summed E-state index contributed by atoms with van der Waals surface area (Å²) in [6.07, 6.45) is -0.0560. The van der Waals surface area contributed by atoms with Crippen molar-refractivity contribution in [2.75, 3.05) is 59.2 Å². The summed E-state index contributed by atoms with van der Waals surface area (Å²) in [5.74, 6) is 0. The maximum Gasteiger partial charge on any atom is 0.0897 e. The van der Waals surface area contributed by atoms with Crippen molar-refractivity contribution in [1.82, 2.24) is 10.2 Å². The van der Waals surface area contributed by atoms with E-state index in [0.717, 1.165) is 32.8 Å². The van der Waals surface area contributed by atoms with E-state index < -0.39 is 6.10 Å². The van der Waals surface area contributed by atoms with Gasteiger partial charge >= 0.3 is 0 Å². The monoisotopic (exact) mass is 304 g/mol. The van der Waals surface area contributed by atoms with E-state index in [4.69, 9.17) is 14.2 Å². The van der Waals surface area contributed by atoms with Crippen LogP contribution in [-0.2, 0) is 14.2 Å². The number of aliphatic hydroxyl groups excluding tert-OH is 1. The van der Waals surface area contributed by atoms with Gasteiger partial charge in [0.1, 0.15) is 0 Å². The fourth-order valence-electron chi connectivity index (χ4n) is 2.22. The van der Waals surface area contributed by atoms with Crippen molar-refractivity contribution in [3.63, 3.8) is 0 Å². The molecule has 1 aliphatic heterocycles. The van der Waals surface area contributed by atoms with Gasteiger partial charge in [0.25, 0.3) is 0 Å². The van der Waals surface area contributed by atoms with Gasteiger partial charge in [-0.25, -0.2) is 0 Å². The topological polar surface area (TPSA) is 63.2 Å². The number of morpholine rings is 1. The molecule has 0 aliphatic carbocycles. The van der Waals surface area contributed by atoms with Crippen molar-refractivity contribution in [2.24, 2.45) is 0 Å². The number of nitrogens with one attached hydrogen (secondary N) is 1. The van der Waals surface area contributed by atoms with Crippen LogP contribution >= 0.6 is 0 Å². The van der Waals surface area contributed by atoms with Crippen LogP contribution in [0.5, 0.6) is 0 Å². The molecule has 0 aromatic heterocycles. The Morgan fingerprint density at radius 3 is 2.90 bits per heavy atom. The zero-order chi connectivity index (χ0) is 15.5. The summed E-state index contributed by atoms with van der Waals surface area (Å²) in [5, 5.41) is 13.1. The lowest BCUT2D eigenvalue weighted by molar-refractivity contribution is -0.0295. The molecule has 6 nitrogen and oxygen atoms in total. The van der Waals surface area contributed by atoms with E-state index >= 15 is 0 Å². The van der Waals surface area contributed by atoms with E-state index in [-0.39, 0.29) is 12.2 Å². The van der Waals surface area contributed by atoms with Gasteiger partial charge in [0.15, 0.2) is 0 Å². The molecule has 0 radical (unpaired) electrons. The molecule has 1 rings (SSSR count). The van der Waals surface area contributed by atoms with Crippen LogP contribution in [0.25, 0.3) is 0 Å². The maximum atomic E-state index is 9.81. The minimum Gasteiger partial charge on any atom is -0.389 e. The van der Waals surface area contributed by atoms with Gasteiger partial charge < -0.3 is 24.6 Å². The van der Waals surface area contributed by atoms with Gasteiger partial charge in [0.2, 0.25) is 0 Å². The summed E-state index contributed by atoms with van der Waals surface area (Å²) in [6, 6.07) is 0. The van der Waals surface area contributed by atoms with Crippen molar-refractivity contribution in [3.8, 4) is 0 Å². The van der Waals surface area contributed by atoms with Crippen molar-refractivity contribution < 1.29 is 19.3 Å². The summed E-state index contributed by atoms with van der Waals surface area (Å²) in [7, 11) is 0. The van der Waals surface area contributed by atoms with Crippen molar-refractivity contribution in [3.05, 3.63) is 0 Å². The highest BCUT2D eigenvalue weighted by molar-refractivity contribution is 4.73. The first-order valence-corrected chi connectivity index (χ1v) is 8.03. The smallest absolute Gasteiger partial charge is 0.0897 e. The summed E-state index contributed by atoms with van der Waals surface area (Å²) >= 11 is 0. The molecule has 126 valence electrons. The molecule has 6 heteroatoms. The molecule has 0 bridgehead atoms. The highest BCUT2D eigenvalue weighted by Gasteiger charge is 2.18. The Bertz CT molecular complexity index is 254. The molecule has 1 saturated heterocycles. The van der Waals surface area contributed by atoms with Gasteiger partial charge in [-0.1, -0.05) is 6.92 Å². The average molecular weight is 304 g/mol. The molecule has 0 aromatic rings. The summed E-state index contributed by atoms with van der Waals surface area (Å²) in [5.41, 5.74) is 0. The number of ether oxygens (including phenoxy) is 3. The lowest BCUT2D eigenvalue weighted by Crippen LogP contribution is -2.47. The van der Waals surface area contributed by atoms with Crippen LogP contribution < -0.4 is 5.32 Å². The third-order valence-electron chi connectivity index (χ3n) is 3.41. The van der Waals surface area contributed by atoms with E-state index in [2.05, 4.69) is 17.1 Å². The molecule has 0 aromatic carbocycles. The molecule has 1 fully saturated rings. The molecule has 1 heterocycles. The Hall–Kier alpha value is -0.240. The third kappa shape index (κ3) is 9.39. The van der Waals surface area contributed by atoms with Gasteiger partial charge in [-0.15, -0.1) is 0 Å². The molecule has 2 atom stereocenters. The lowest BCUT2D eigenvalue weighted by Gasteiger charge is -2.32. The highest BCUT2D eigenvalue weighted by Crippen LogP contribution is 2.03. The summed E-state index contributed by atoms with van der Waals surface area (Å²) < 4.78 is 16.4. The molecular weight excluding hydrogens is 272 g/mol. The molecule has 21 heavy (non-hydrogen) atoms. The van der Waals surface area contributed by atoms with Gasteiger partial charge in [0.05, 0.1) is 44.7 Å². The Kier molecular flexibility index (Phi) is 10.2. The number of likely N-dealkylation sites (N-methyl/N-ethyl adjacent to an activating group) is 1. The van der Waals surface area contributed by atoms with Crippen molar-refractivity contribution in [2.45, 2.75) is 39.1 Å². The number of nitrogens with zero attached hydrogens (tertiary/aromatic N) is 1. The quantitative estimate of drug-likeness (QED) is 0.528. The third-order valence-corrected chi connectivity index (χ3v) is 3.41. The zero-order valence-electron chi connectivity index (χ0n) is 13.7. The number of hydrogen-bond donors (Lipinski definition) is 2. The average Bonchev–Trinajstić information content (AvgIpc) is 2.47. The second-order valence-electron chi connectivity index (χ2n) is 5.69. The zero-order valence-corrected chi connectivity index (χ0v) is 13.7. The first-order chi connectivity index (χ1) is 10.1. The SMILES string of the molecule is CCN1CCOC(CNCC(O)COCCOC(C)C)C1. The predicted octanol–water partition coefficient (Wildman–Crippen LogP) is 0.0992. The Morgan fingerprint density at radius 1 is 1.38 bits per heavy atom. The predicted molar refractivity (Wildman–Crippen MR) is 82.6 cm³/mol. The molecule has 0 spiro atoms. The first kappa shape index (κ1) is 18.8. The van der Waals surface area contributed by atoms with Gasteiger partial charge in [0, 0.05) is 26.2 Å². The van der Waals surface area contributed by atoms with Gasteiger partial charge in [-0.3, -0.25) is 4.90 Å². The number of aliphatic hydroxyl groups is 1. The second-order valence-corrected chi connectivity index (χ2v) is 5.69. The highest BCUT2D eigenvalue weighted by atomic mass is 16.5. The van der Waals surface area contributed by atoms with E-state index in [1.54, 1.807) is 0 Å². The lowest BCUT2D eigenvalue weighted by atomic mass is 10.2. The molecule has 0 amide bonds. The standard InChI is InChI=1S/C15H32N2O4/c1-4-17-5-6-21-15(11-17)10-16-9-14(18)12-19-7-8-20-13(2)3/h13-16,18H,4-12H2,1-3H3. The van der Waals surface area contributed by atoms with Crippen LogP contribution in [0.2, 0.25) is 0 Å². The van der Waals surface area contributed by atoms with Gasteiger partial charge in [-0.2, -0.15) is 0 Å². The van der Waals surface area contributed by atoms with Gasteiger partial charge in [-0.05, 0) is 20.4 Å². The summed E-state index contributed by atoms with van der Waals surface area (Å²) in [4.78, 5) is 2.38. The molecular formula is C15H32N2O4. The molecule has 0 saturated carbocycles. The second kappa shape index (κ2) is 11.3. The number of hydrogen-bond acceptors (Lipinski definition) is 6. The minimum absolute atomic E-state index is 0.214. The van der Waals surface area contributed by atoms with Crippen LogP contribution in [0.15, 0.2) is 0 Å². The fraction of sp³-hybridized carbons (Fsp3) is 1.00. The minimum atomic E-state index is -0.491. The van der Waals surface area contributed by atoms with E-state index in [9.17, 15) is 5.11 Å². The van der Waals surface area contributed by atoms with Crippen LogP contribution in [0.1, 0.15) is 20.8 Å². The molecule has 2 N–H and O–H groups in total. The summed E-state index contributed by atoms with van der Waals surface area (Å²) in [6.45, 7) is 12.7. The van der Waals surface area contributed by atoms with Crippen LogP contribution in [0.4, 0.5) is 0 Å². The van der Waals surface area contributed by atoms with Crippen LogP contribution in [-0.4, -0.2) is 87.5 Å². The first-order valence-electron chi connectivity index (χ1n) is 8.03. The fourth-order valence-corrected chi connectivity index (χ4v) is 2.22. The van der Waals surface area contributed by atoms with E-state index in [0.29, 0.717) is 26.4 Å². The van der Waals surface area contributed by atoms with Crippen molar-refractivity contribution >= 4 is 0 Å². The Labute approximate surface area is 128 Å². The molecule has 1 aliphatic rings.